The highest BCUT2D eigenvalue weighted by molar-refractivity contribution is 5.91. The van der Waals surface area contributed by atoms with Crippen molar-refractivity contribution in [1.29, 1.82) is 0 Å². The molecule has 0 aromatic heterocycles. The third-order valence-corrected chi connectivity index (χ3v) is 8.93. The Morgan fingerprint density at radius 3 is 1.54 bits per heavy atom. The van der Waals surface area contributed by atoms with Gasteiger partial charge in [0, 0.05) is 12.8 Å². The lowest BCUT2D eigenvalue weighted by Crippen LogP contribution is -2.52. The number of nitrogens with one attached hydrogen (secondary N) is 2. The summed E-state index contributed by atoms with van der Waals surface area (Å²) < 4.78 is 11.0. The molecule has 0 radical (unpaired) electrons. The second kappa shape index (κ2) is 29.4. The van der Waals surface area contributed by atoms with Crippen molar-refractivity contribution in [2.75, 3.05) is 0 Å². The van der Waals surface area contributed by atoms with Crippen molar-refractivity contribution < 1.29 is 38.2 Å². The van der Waals surface area contributed by atoms with Crippen LogP contribution in [0.3, 0.4) is 0 Å². The summed E-state index contributed by atoms with van der Waals surface area (Å²) in [5.41, 5.74) is 2.69. The minimum absolute atomic E-state index is 0.00885. The highest BCUT2D eigenvalue weighted by atomic mass is 16.5. The predicted octanol–water partition coefficient (Wildman–Crippen LogP) is 7.97. The third-order valence-electron chi connectivity index (χ3n) is 8.93. The zero-order chi connectivity index (χ0) is 39.1. The summed E-state index contributed by atoms with van der Waals surface area (Å²) in [6.45, 7) is 2.37. The predicted molar refractivity (Wildman–Crippen MR) is 206 cm³/mol. The molecule has 2 N–H and O–H groups in total. The summed E-state index contributed by atoms with van der Waals surface area (Å²) in [4.78, 5) is 69.0. The van der Waals surface area contributed by atoms with Crippen LogP contribution in [-0.2, 0) is 57.9 Å². The largest absolute Gasteiger partial charge is 0.461 e. The molecule has 10 nitrogen and oxygen atoms in total. The van der Waals surface area contributed by atoms with Crippen LogP contribution in [0.1, 0.15) is 120 Å². The molecule has 0 bridgehead atoms. The fourth-order valence-corrected chi connectivity index (χ4v) is 5.86. The van der Waals surface area contributed by atoms with E-state index in [2.05, 4.69) is 17.6 Å². The normalized spacial score (nSPS) is 11.5. The lowest BCUT2D eigenvalue weighted by atomic mass is 10.0. The molecule has 0 spiro atoms. The molecule has 0 saturated carbocycles. The fourth-order valence-electron chi connectivity index (χ4n) is 5.86. The second-order valence-electron chi connectivity index (χ2n) is 13.4. The van der Waals surface area contributed by atoms with Gasteiger partial charge in [-0.25, -0.2) is 4.79 Å². The van der Waals surface area contributed by atoms with Crippen LogP contribution in [0.25, 0.3) is 0 Å². The lowest BCUT2D eigenvalue weighted by molar-refractivity contribution is -0.191. The Labute approximate surface area is 320 Å². The van der Waals surface area contributed by atoms with E-state index in [1.54, 1.807) is 0 Å². The highest BCUT2D eigenvalue weighted by Gasteiger charge is 2.28. The SMILES string of the molecule is CCCCCCCCCCCCCC(=O)NC(CCc1ccccc1)C(=O)NC(CCC(=O)OCc1ccccc1)C(=O)OCc1ccccc1.O=C=O. The number of hydrogen-bond acceptors (Lipinski definition) is 8. The zero-order valence-electron chi connectivity index (χ0n) is 31.8. The maximum atomic E-state index is 13.8. The van der Waals surface area contributed by atoms with Crippen molar-refractivity contribution in [2.45, 2.75) is 135 Å². The number of carbonyl (C=O) groups excluding carboxylic acids is 6. The van der Waals surface area contributed by atoms with Crippen molar-refractivity contribution in [3.05, 3.63) is 108 Å². The van der Waals surface area contributed by atoms with Gasteiger partial charge in [-0.1, -0.05) is 162 Å². The standard InChI is InChI=1S/C43H58N2O6.CO2/c1-2-3-4-5-6-7-8-9-10-11-21-28-40(46)44-38(30-29-35-22-15-12-16-23-35)42(48)45-39(43(49)51-34-37-26-19-14-20-27-37)31-32-41(47)50-33-36-24-17-13-18-25-36;2-1-3/h12-20,22-27,38-39H,2-11,21,28-34H2,1H3,(H,44,46)(H,45,48);. The first-order valence-corrected chi connectivity index (χ1v) is 19.4. The molecule has 2 amide bonds. The van der Waals surface area contributed by atoms with Crippen molar-refractivity contribution in [3.63, 3.8) is 0 Å². The number of benzene rings is 3. The summed E-state index contributed by atoms with van der Waals surface area (Å²) in [6.07, 6.45) is 14.5. The van der Waals surface area contributed by atoms with Gasteiger partial charge in [-0.2, -0.15) is 9.59 Å². The van der Waals surface area contributed by atoms with Crippen LogP contribution in [0, 0.1) is 0 Å². The van der Waals surface area contributed by atoms with Gasteiger partial charge in [-0.15, -0.1) is 0 Å². The van der Waals surface area contributed by atoms with Crippen LogP contribution in [0.15, 0.2) is 91.0 Å². The Balaban J connectivity index is 0.00000325. The van der Waals surface area contributed by atoms with Crippen LogP contribution in [0.4, 0.5) is 0 Å². The van der Waals surface area contributed by atoms with E-state index in [0.717, 1.165) is 36.0 Å². The number of carbonyl (C=O) groups is 4. The lowest BCUT2D eigenvalue weighted by Gasteiger charge is -2.23. The van der Waals surface area contributed by atoms with Crippen LogP contribution >= 0.6 is 0 Å². The summed E-state index contributed by atoms with van der Waals surface area (Å²) >= 11 is 0. The number of esters is 2. The Morgan fingerprint density at radius 1 is 0.556 bits per heavy atom. The van der Waals surface area contributed by atoms with Crippen molar-refractivity contribution in [2.24, 2.45) is 0 Å². The minimum atomic E-state index is -1.10. The fraction of sp³-hybridized carbons (Fsp3) is 0.477. The number of unbranched alkanes of at least 4 members (excludes halogenated alkanes) is 10. The number of aryl methyl sites for hydroxylation is 1. The molecule has 0 fully saturated rings. The van der Waals surface area contributed by atoms with Crippen molar-refractivity contribution in [1.82, 2.24) is 10.6 Å². The van der Waals surface area contributed by atoms with E-state index in [0.29, 0.717) is 19.3 Å². The van der Waals surface area contributed by atoms with Gasteiger partial charge in [0.25, 0.3) is 0 Å². The van der Waals surface area contributed by atoms with Crippen LogP contribution in [-0.4, -0.2) is 42.0 Å². The molecule has 0 saturated heterocycles. The smallest absolute Gasteiger partial charge is 0.373 e. The minimum Gasteiger partial charge on any atom is -0.461 e. The Hall–Kier alpha value is -5.08. The molecular formula is C44H58N2O8. The number of rotatable bonds is 26. The zero-order valence-corrected chi connectivity index (χ0v) is 31.8. The molecular weight excluding hydrogens is 684 g/mol. The van der Waals surface area contributed by atoms with Crippen LogP contribution < -0.4 is 10.6 Å². The van der Waals surface area contributed by atoms with Gasteiger partial charge >= 0.3 is 18.1 Å². The van der Waals surface area contributed by atoms with E-state index in [-0.39, 0.29) is 38.1 Å². The van der Waals surface area contributed by atoms with E-state index in [1.807, 2.05) is 91.0 Å². The number of hydrogen-bond donors (Lipinski definition) is 2. The molecule has 10 heteroatoms. The number of ether oxygens (including phenoxy) is 2. The first kappa shape index (κ1) is 45.1. The average Bonchev–Trinajstić information content (AvgIpc) is 3.19. The molecule has 0 aliphatic carbocycles. The number of amides is 2. The van der Waals surface area contributed by atoms with Crippen molar-refractivity contribution >= 4 is 29.9 Å². The molecule has 3 aromatic rings. The molecule has 0 heterocycles. The first-order chi connectivity index (χ1) is 26.4. The highest BCUT2D eigenvalue weighted by Crippen LogP contribution is 2.14. The average molecular weight is 743 g/mol. The van der Waals surface area contributed by atoms with E-state index in [9.17, 15) is 19.2 Å². The van der Waals surface area contributed by atoms with Crippen LogP contribution in [0.2, 0.25) is 0 Å². The van der Waals surface area contributed by atoms with E-state index < -0.39 is 29.9 Å². The summed E-state index contributed by atoms with van der Waals surface area (Å²) in [6, 6.07) is 26.4. The molecule has 292 valence electrons. The van der Waals surface area contributed by atoms with Gasteiger partial charge < -0.3 is 20.1 Å². The Bertz CT molecular complexity index is 1490. The Kier molecular flexibility index (Phi) is 24.5. The molecule has 54 heavy (non-hydrogen) atoms. The van der Waals surface area contributed by atoms with E-state index in [4.69, 9.17) is 19.1 Å². The van der Waals surface area contributed by atoms with E-state index in [1.165, 1.54) is 51.4 Å². The van der Waals surface area contributed by atoms with Gasteiger partial charge in [-0.05, 0) is 42.4 Å². The maximum absolute atomic E-state index is 13.8. The van der Waals surface area contributed by atoms with Gasteiger partial charge in [-0.3, -0.25) is 14.4 Å². The summed E-state index contributed by atoms with van der Waals surface area (Å²) in [5.74, 6) is -1.82. The van der Waals surface area contributed by atoms with Gasteiger partial charge in [0.05, 0.1) is 0 Å². The van der Waals surface area contributed by atoms with Gasteiger partial charge in [0.1, 0.15) is 25.3 Å². The van der Waals surface area contributed by atoms with Crippen LogP contribution in [0.5, 0.6) is 0 Å². The second-order valence-corrected chi connectivity index (χ2v) is 13.4. The third kappa shape index (κ3) is 21.4. The molecule has 2 unspecified atom stereocenters. The molecule has 2 atom stereocenters. The molecule has 3 rings (SSSR count). The maximum Gasteiger partial charge on any atom is 0.373 e. The molecule has 0 aliphatic heterocycles. The summed E-state index contributed by atoms with van der Waals surface area (Å²) in [5, 5.41) is 5.73. The van der Waals surface area contributed by atoms with Gasteiger partial charge in [0.15, 0.2) is 0 Å². The topological polar surface area (TPSA) is 145 Å². The van der Waals surface area contributed by atoms with E-state index >= 15 is 0 Å². The molecule has 3 aromatic carbocycles. The first-order valence-electron chi connectivity index (χ1n) is 19.4. The summed E-state index contributed by atoms with van der Waals surface area (Å²) in [7, 11) is 0. The van der Waals surface area contributed by atoms with Gasteiger partial charge in [0.2, 0.25) is 11.8 Å². The quantitative estimate of drug-likeness (QED) is 0.0623. The monoisotopic (exact) mass is 742 g/mol. The van der Waals surface area contributed by atoms with Crippen molar-refractivity contribution in [3.8, 4) is 0 Å². The molecule has 0 aliphatic rings. The Morgan fingerprint density at radius 2 is 1.02 bits per heavy atom.